The molecule has 1 aromatic heterocycles. The van der Waals surface area contributed by atoms with Crippen LogP contribution in [-0.2, 0) is 20.9 Å². The number of hydrogen-bond acceptors (Lipinski definition) is 5. The van der Waals surface area contributed by atoms with Crippen LogP contribution in [0.3, 0.4) is 0 Å². The molecule has 6 nitrogen and oxygen atoms in total. The molecule has 0 aliphatic heterocycles. The van der Waals surface area contributed by atoms with Crippen LogP contribution in [-0.4, -0.2) is 23.3 Å². The second-order valence-electron chi connectivity index (χ2n) is 4.05. The maximum atomic E-state index is 11.8. The Bertz CT molecular complexity index is 683. The molecule has 0 saturated heterocycles. The van der Waals surface area contributed by atoms with E-state index in [2.05, 4.69) is 9.72 Å². The van der Waals surface area contributed by atoms with Crippen molar-refractivity contribution in [3.8, 4) is 0 Å². The van der Waals surface area contributed by atoms with Crippen LogP contribution in [0.25, 0.3) is 11.0 Å². The lowest BCUT2D eigenvalue weighted by atomic mass is 10.2. The molecule has 2 aromatic rings. The Labute approximate surface area is 120 Å². The second-order valence-corrected chi connectivity index (χ2v) is 4.48. The zero-order valence-electron chi connectivity index (χ0n) is 10.8. The zero-order chi connectivity index (χ0) is 14.7. The van der Waals surface area contributed by atoms with E-state index < -0.39 is 11.8 Å². The van der Waals surface area contributed by atoms with Crippen LogP contribution in [0, 0.1) is 0 Å². The Morgan fingerprint density at radius 1 is 1.45 bits per heavy atom. The average Bonchev–Trinajstić information content (AvgIpc) is 2.42. The summed E-state index contributed by atoms with van der Waals surface area (Å²) in [4.78, 5) is 27.3. The number of nitrogens with zero attached hydrogens (tertiary/aromatic N) is 2. The number of aromatic nitrogens is 2. The summed E-state index contributed by atoms with van der Waals surface area (Å²) in [5.41, 5.74) is 7.02. The summed E-state index contributed by atoms with van der Waals surface area (Å²) in [6.45, 7) is 1.56. The molecule has 0 aliphatic rings. The summed E-state index contributed by atoms with van der Waals surface area (Å²) in [7, 11) is 0. The standard InChI is InChI=1S/C13H12ClN3O3/c1-2-20-13(19)11(18)7-17-10-5-8(14)3-4-9(10)16-6-12(17)15/h3-6,15H,2,7H2,1H3/p+1. The number of rotatable bonds is 4. The van der Waals surface area contributed by atoms with Gasteiger partial charge in [0.05, 0.1) is 6.61 Å². The number of fused-ring (bicyclic) bond motifs is 1. The number of ketones is 1. The molecule has 1 heterocycles. The van der Waals surface area contributed by atoms with Crippen molar-refractivity contribution in [2.24, 2.45) is 0 Å². The second kappa shape index (κ2) is 5.83. The van der Waals surface area contributed by atoms with Gasteiger partial charge < -0.3 is 4.74 Å². The Morgan fingerprint density at radius 2 is 2.20 bits per heavy atom. The van der Waals surface area contributed by atoms with E-state index in [1.54, 1.807) is 25.1 Å². The van der Waals surface area contributed by atoms with Gasteiger partial charge in [-0.05, 0) is 19.1 Å². The summed E-state index contributed by atoms with van der Waals surface area (Å²) in [5, 5.41) is 0.488. The third kappa shape index (κ3) is 2.85. The molecular formula is C13H13ClN3O3+. The maximum absolute atomic E-state index is 11.8. The fourth-order valence-electron chi connectivity index (χ4n) is 1.76. The minimum atomic E-state index is -0.883. The van der Waals surface area contributed by atoms with Crippen molar-refractivity contribution in [1.29, 1.82) is 0 Å². The van der Waals surface area contributed by atoms with E-state index in [1.165, 1.54) is 10.8 Å². The molecular weight excluding hydrogens is 282 g/mol. The van der Waals surface area contributed by atoms with E-state index in [0.717, 1.165) is 0 Å². The molecule has 0 unspecified atom stereocenters. The number of carbonyl (C=O) groups is 2. The largest absolute Gasteiger partial charge is 0.460 e. The monoisotopic (exact) mass is 294 g/mol. The predicted molar refractivity (Wildman–Crippen MR) is 73.0 cm³/mol. The Morgan fingerprint density at radius 3 is 2.90 bits per heavy atom. The third-order valence-corrected chi connectivity index (χ3v) is 2.92. The zero-order valence-corrected chi connectivity index (χ0v) is 11.6. The molecule has 2 N–H and O–H groups in total. The lowest BCUT2D eigenvalue weighted by Crippen LogP contribution is -2.44. The van der Waals surface area contributed by atoms with E-state index in [1.807, 2.05) is 0 Å². The van der Waals surface area contributed by atoms with Crippen molar-refractivity contribution in [3.63, 3.8) is 0 Å². The van der Waals surface area contributed by atoms with Gasteiger partial charge in [0.1, 0.15) is 11.7 Å². The minimum Gasteiger partial charge on any atom is -0.460 e. The van der Waals surface area contributed by atoms with Gasteiger partial charge in [0.2, 0.25) is 0 Å². The first kappa shape index (κ1) is 14.2. The summed E-state index contributed by atoms with van der Waals surface area (Å²) < 4.78 is 6.15. The lowest BCUT2D eigenvalue weighted by Gasteiger charge is -2.06. The van der Waals surface area contributed by atoms with Gasteiger partial charge in [-0.1, -0.05) is 11.6 Å². The van der Waals surface area contributed by atoms with Gasteiger partial charge in [-0.2, -0.15) is 0 Å². The van der Waals surface area contributed by atoms with Crippen LogP contribution < -0.4 is 10.3 Å². The highest BCUT2D eigenvalue weighted by atomic mass is 35.5. The normalized spacial score (nSPS) is 10.5. The highest BCUT2D eigenvalue weighted by Crippen LogP contribution is 2.15. The molecule has 0 fully saturated rings. The molecule has 0 atom stereocenters. The Hall–Kier alpha value is -2.21. The highest BCUT2D eigenvalue weighted by Gasteiger charge is 2.21. The van der Waals surface area contributed by atoms with Gasteiger partial charge in [-0.25, -0.2) is 14.3 Å². The van der Waals surface area contributed by atoms with Crippen molar-refractivity contribution in [3.05, 3.63) is 29.4 Å². The number of halogens is 1. The van der Waals surface area contributed by atoms with Crippen LogP contribution in [0.15, 0.2) is 24.4 Å². The SMILES string of the molecule is CCOC(=O)C(=O)C[n+]1c(N)cnc2ccc(Cl)cc21. The average molecular weight is 295 g/mol. The van der Waals surface area contributed by atoms with E-state index in [0.29, 0.717) is 16.1 Å². The molecule has 0 radical (unpaired) electrons. The van der Waals surface area contributed by atoms with Crippen LogP contribution in [0.5, 0.6) is 0 Å². The fraction of sp³-hybridized carbons (Fsp3) is 0.231. The molecule has 0 bridgehead atoms. The molecule has 7 heteroatoms. The topological polar surface area (TPSA) is 86.2 Å². The van der Waals surface area contributed by atoms with E-state index in [4.69, 9.17) is 17.3 Å². The summed E-state index contributed by atoms with van der Waals surface area (Å²) in [5.74, 6) is -1.31. The minimum absolute atomic E-state index is 0.146. The first-order valence-electron chi connectivity index (χ1n) is 5.96. The van der Waals surface area contributed by atoms with Gasteiger partial charge in [-0.3, -0.25) is 10.5 Å². The summed E-state index contributed by atoms with van der Waals surface area (Å²) in [6.07, 6.45) is 1.43. The lowest BCUT2D eigenvalue weighted by molar-refractivity contribution is -0.643. The smallest absolute Gasteiger partial charge is 0.378 e. The highest BCUT2D eigenvalue weighted by molar-refractivity contribution is 6.33. The van der Waals surface area contributed by atoms with Crippen LogP contribution >= 0.6 is 11.6 Å². The van der Waals surface area contributed by atoms with Crippen molar-refractivity contribution >= 4 is 40.2 Å². The number of hydrogen-bond donors (Lipinski definition) is 1. The van der Waals surface area contributed by atoms with Gasteiger partial charge in [0, 0.05) is 11.1 Å². The Kier molecular flexibility index (Phi) is 4.14. The molecule has 0 aliphatic carbocycles. The van der Waals surface area contributed by atoms with E-state index >= 15 is 0 Å². The van der Waals surface area contributed by atoms with Crippen LogP contribution in [0.1, 0.15) is 6.92 Å². The van der Waals surface area contributed by atoms with Gasteiger partial charge in [0.15, 0.2) is 12.1 Å². The first-order chi connectivity index (χ1) is 9.52. The van der Waals surface area contributed by atoms with Crippen molar-refractivity contribution in [1.82, 2.24) is 4.98 Å². The quantitative estimate of drug-likeness (QED) is 0.514. The number of carbonyl (C=O) groups excluding carboxylic acids is 2. The number of anilines is 1. The predicted octanol–water partition coefficient (Wildman–Crippen LogP) is 0.890. The molecule has 0 saturated carbocycles. The van der Waals surface area contributed by atoms with Crippen molar-refractivity contribution in [2.75, 3.05) is 12.3 Å². The van der Waals surface area contributed by atoms with Gasteiger partial charge in [0.25, 0.3) is 11.6 Å². The first-order valence-corrected chi connectivity index (χ1v) is 6.34. The number of ether oxygens (including phenoxy) is 1. The maximum Gasteiger partial charge on any atom is 0.378 e. The number of esters is 1. The summed E-state index contributed by atoms with van der Waals surface area (Å²) in [6, 6.07) is 5.03. The van der Waals surface area contributed by atoms with E-state index in [9.17, 15) is 9.59 Å². The number of nitrogens with two attached hydrogens (primary N) is 1. The Balaban J connectivity index is 2.42. The fourth-order valence-corrected chi connectivity index (χ4v) is 1.93. The summed E-state index contributed by atoms with van der Waals surface area (Å²) >= 11 is 5.93. The number of benzene rings is 1. The third-order valence-electron chi connectivity index (χ3n) is 2.68. The van der Waals surface area contributed by atoms with Crippen molar-refractivity contribution < 1.29 is 18.9 Å². The molecule has 1 aromatic carbocycles. The van der Waals surface area contributed by atoms with Gasteiger partial charge in [-0.15, -0.1) is 0 Å². The van der Waals surface area contributed by atoms with Crippen molar-refractivity contribution in [2.45, 2.75) is 13.5 Å². The molecule has 2 rings (SSSR count). The van der Waals surface area contributed by atoms with E-state index in [-0.39, 0.29) is 19.0 Å². The number of Topliss-reactive ketones (excluding diaryl/α,β-unsaturated/α-hetero) is 1. The van der Waals surface area contributed by atoms with Crippen LogP contribution in [0.4, 0.5) is 5.82 Å². The van der Waals surface area contributed by atoms with Crippen LogP contribution in [0.2, 0.25) is 5.02 Å². The van der Waals surface area contributed by atoms with Gasteiger partial charge >= 0.3 is 5.97 Å². The molecule has 0 amide bonds. The molecule has 20 heavy (non-hydrogen) atoms. The molecule has 104 valence electrons. The number of nitrogen functional groups attached to an aromatic ring is 1. The molecule has 0 spiro atoms.